The molecule has 1 aromatic rings. The number of aliphatic carboxylic acids is 1. The summed E-state index contributed by atoms with van der Waals surface area (Å²) in [5.74, 6) is 0.0496. The number of benzene rings is 1. The molecule has 23 heavy (non-hydrogen) atoms. The van der Waals surface area contributed by atoms with Gasteiger partial charge in [-0.1, -0.05) is 18.2 Å². The molecule has 0 unspecified atom stereocenters. The first-order valence-corrected chi connectivity index (χ1v) is 8.77. The normalized spacial score (nSPS) is 23.8. The molecule has 0 heterocycles. The number of carboxylic acids is 1. The van der Waals surface area contributed by atoms with Gasteiger partial charge in [-0.3, -0.25) is 9.69 Å². The number of carbonyl (C=O) groups is 1. The molecule has 0 aromatic heterocycles. The average molecular weight is 316 g/mol. The molecule has 0 amide bonds. The summed E-state index contributed by atoms with van der Waals surface area (Å²) in [6, 6.07) is 7.40. The van der Waals surface area contributed by atoms with E-state index in [4.69, 9.17) is 5.11 Å². The van der Waals surface area contributed by atoms with Gasteiger partial charge in [0.1, 0.15) is 0 Å². The number of nitrogens with zero attached hydrogens (tertiary/aromatic N) is 1. The van der Waals surface area contributed by atoms with Crippen LogP contribution in [0.5, 0.6) is 0 Å². The maximum Gasteiger partial charge on any atom is 0.317 e. The molecule has 0 bridgehead atoms. The first-order valence-electron chi connectivity index (χ1n) is 8.77. The second-order valence-electron chi connectivity index (χ2n) is 7.34. The second-order valence-corrected chi connectivity index (χ2v) is 7.34. The van der Waals surface area contributed by atoms with Crippen molar-refractivity contribution in [3.05, 3.63) is 34.9 Å². The molecular weight excluding hydrogens is 288 g/mol. The van der Waals surface area contributed by atoms with Crippen LogP contribution < -0.4 is 5.32 Å². The minimum Gasteiger partial charge on any atom is -0.480 e. The monoisotopic (exact) mass is 316 g/mol. The number of nitrogens with one attached hydrogen (secondary N) is 1. The summed E-state index contributed by atoms with van der Waals surface area (Å²) in [5.41, 5.74) is 4.08. The quantitative estimate of drug-likeness (QED) is 0.774. The van der Waals surface area contributed by atoms with Crippen molar-refractivity contribution in [2.24, 2.45) is 5.92 Å². The fourth-order valence-electron chi connectivity index (χ4n) is 3.58. The lowest BCUT2D eigenvalue weighted by Gasteiger charge is -2.43. The van der Waals surface area contributed by atoms with Gasteiger partial charge in [-0.25, -0.2) is 0 Å². The van der Waals surface area contributed by atoms with Gasteiger partial charge in [0.2, 0.25) is 0 Å². The Labute approximate surface area is 138 Å². The van der Waals surface area contributed by atoms with E-state index in [0.717, 1.165) is 31.8 Å². The van der Waals surface area contributed by atoms with Gasteiger partial charge < -0.3 is 10.4 Å². The maximum atomic E-state index is 11.1. The lowest BCUT2D eigenvalue weighted by atomic mass is 9.85. The fraction of sp³-hybridized carbons (Fsp3) is 0.632. The summed E-state index contributed by atoms with van der Waals surface area (Å²) in [7, 11) is 0. The summed E-state index contributed by atoms with van der Waals surface area (Å²) in [5, 5.41) is 12.8. The highest BCUT2D eigenvalue weighted by Gasteiger charge is 2.36. The van der Waals surface area contributed by atoms with Gasteiger partial charge in [0.25, 0.3) is 0 Å². The van der Waals surface area contributed by atoms with E-state index in [9.17, 15) is 4.79 Å². The maximum absolute atomic E-state index is 11.1. The molecular formula is C19H28N2O2. The van der Waals surface area contributed by atoms with Gasteiger partial charge in [0.05, 0.1) is 6.54 Å². The van der Waals surface area contributed by atoms with Crippen LogP contribution in [-0.2, 0) is 11.3 Å². The average Bonchev–Trinajstić information content (AvgIpc) is 3.23. The van der Waals surface area contributed by atoms with Crippen LogP contribution in [0.25, 0.3) is 0 Å². The summed E-state index contributed by atoms with van der Waals surface area (Å²) in [4.78, 5) is 13.3. The van der Waals surface area contributed by atoms with Gasteiger partial charge in [-0.2, -0.15) is 0 Å². The van der Waals surface area contributed by atoms with Crippen molar-refractivity contribution < 1.29 is 9.90 Å². The van der Waals surface area contributed by atoms with E-state index in [-0.39, 0.29) is 6.54 Å². The van der Waals surface area contributed by atoms with Crippen molar-refractivity contribution in [1.29, 1.82) is 0 Å². The lowest BCUT2D eigenvalue weighted by molar-refractivity contribution is -0.139. The highest BCUT2D eigenvalue weighted by atomic mass is 16.4. The molecule has 4 heteroatoms. The largest absolute Gasteiger partial charge is 0.480 e. The Balaban J connectivity index is 1.47. The van der Waals surface area contributed by atoms with Crippen LogP contribution >= 0.6 is 0 Å². The van der Waals surface area contributed by atoms with Crippen molar-refractivity contribution in [3.63, 3.8) is 0 Å². The van der Waals surface area contributed by atoms with Crippen LogP contribution in [0.15, 0.2) is 18.2 Å². The number of hydrogen-bond acceptors (Lipinski definition) is 3. The predicted octanol–water partition coefficient (Wildman–Crippen LogP) is 2.72. The van der Waals surface area contributed by atoms with E-state index in [1.807, 2.05) is 0 Å². The van der Waals surface area contributed by atoms with Crippen LogP contribution in [0, 0.1) is 19.8 Å². The fourth-order valence-corrected chi connectivity index (χ4v) is 3.58. The molecule has 2 fully saturated rings. The van der Waals surface area contributed by atoms with Gasteiger partial charge in [0, 0.05) is 25.2 Å². The van der Waals surface area contributed by atoms with E-state index >= 15 is 0 Å². The highest BCUT2D eigenvalue weighted by Crippen LogP contribution is 2.33. The minimum absolute atomic E-state index is 0.199. The Bertz CT molecular complexity index is 542. The molecule has 2 N–H and O–H groups in total. The van der Waals surface area contributed by atoms with Gasteiger partial charge in [-0.15, -0.1) is 0 Å². The molecule has 0 saturated heterocycles. The van der Waals surface area contributed by atoms with E-state index in [1.165, 1.54) is 29.5 Å². The summed E-state index contributed by atoms with van der Waals surface area (Å²) in [6.45, 7) is 6.42. The number of hydrogen-bond donors (Lipinski definition) is 2. The van der Waals surface area contributed by atoms with Crippen LogP contribution in [0.2, 0.25) is 0 Å². The Morgan fingerprint density at radius 1 is 1.26 bits per heavy atom. The van der Waals surface area contributed by atoms with Gasteiger partial charge in [0.15, 0.2) is 0 Å². The predicted molar refractivity (Wildman–Crippen MR) is 91.5 cm³/mol. The summed E-state index contributed by atoms with van der Waals surface area (Å²) < 4.78 is 0. The van der Waals surface area contributed by atoms with Gasteiger partial charge in [-0.05, 0) is 62.1 Å². The SMILES string of the molecule is Cc1cccc(C)c1CNC1CC(N(CC(=O)O)CC2CC2)C1. The first-order chi connectivity index (χ1) is 11.0. The first kappa shape index (κ1) is 16.5. The van der Waals surface area contributed by atoms with Crippen LogP contribution in [0.4, 0.5) is 0 Å². The van der Waals surface area contributed by atoms with Crippen molar-refractivity contribution >= 4 is 5.97 Å². The zero-order valence-corrected chi connectivity index (χ0v) is 14.2. The topological polar surface area (TPSA) is 52.6 Å². The molecule has 2 aliphatic rings. The zero-order valence-electron chi connectivity index (χ0n) is 14.2. The van der Waals surface area contributed by atoms with Crippen molar-refractivity contribution in [3.8, 4) is 0 Å². The minimum atomic E-state index is -0.697. The van der Waals surface area contributed by atoms with Crippen molar-refractivity contribution in [2.75, 3.05) is 13.1 Å². The lowest BCUT2D eigenvalue weighted by Crippen LogP contribution is -2.54. The van der Waals surface area contributed by atoms with Gasteiger partial charge >= 0.3 is 5.97 Å². The Morgan fingerprint density at radius 3 is 2.48 bits per heavy atom. The summed E-state index contributed by atoms with van der Waals surface area (Å²) >= 11 is 0. The smallest absolute Gasteiger partial charge is 0.317 e. The molecule has 1 aromatic carbocycles. The molecule has 0 atom stereocenters. The van der Waals surface area contributed by atoms with Crippen molar-refractivity contribution in [2.45, 2.75) is 58.2 Å². The third-order valence-electron chi connectivity index (χ3n) is 5.37. The molecule has 0 spiro atoms. The van der Waals surface area contributed by atoms with Crippen molar-refractivity contribution in [1.82, 2.24) is 10.2 Å². The Kier molecular flexibility index (Phi) is 5.02. The Morgan fingerprint density at radius 2 is 1.91 bits per heavy atom. The highest BCUT2D eigenvalue weighted by molar-refractivity contribution is 5.69. The molecule has 0 aliphatic heterocycles. The van der Waals surface area contributed by atoms with Crippen LogP contribution in [0.1, 0.15) is 42.4 Å². The molecule has 0 radical (unpaired) electrons. The van der Waals surface area contributed by atoms with E-state index in [0.29, 0.717) is 12.1 Å². The van der Waals surface area contributed by atoms with E-state index in [1.54, 1.807) is 0 Å². The Hall–Kier alpha value is -1.39. The standard InChI is InChI=1S/C19H28N2O2/c1-13-4-3-5-14(2)18(13)10-20-16-8-17(9-16)21(12-19(22)23)11-15-6-7-15/h3-5,15-17,20H,6-12H2,1-2H3,(H,22,23). The molecule has 126 valence electrons. The second kappa shape index (κ2) is 7.02. The molecule has 2 aliphatic carbocycles. The summed E-state index contributed by atoms with van der Waals surface area (Å²) in [6.07, 6.45) is 4.70. The van der Waals surface area contributed by atoms with Crippen LogP contribution in [0.3, 0.4) is 0 Å². The number of rotatable bonds is 8. The zero-order chi connectivity index (χ0) is 16.4. The third kappa shape index (κ3) is 4.33. The number of carboxylic acid groups (broad SMARTS) is 1. The molecule has 2 saturated carbocycles. The van der Waals surface area contributed by atoms with E-state index < -0.39 is 5.97 Å². The van der Waals surface area contributed by atoms with Crippen LogP contribution in [-0.4, -0.2) is 41.1 Å². The van der Waals surface area contributed by atoms with E-state index in [2.05, 4.69) is 42.3 Å². The number of aryl methyl sites for hydroxylation is 2. The molecule has 4 nitrogen and oxygen atoms in total. The third-order valence-corrected chi connectivity index (χ3v) is 5.37. The molecule has 3 rings (SSSR count).